The van der Waals surface area contributed by atoms with Crippen LogP contribution in [0.15, 0.2) is 0 Å². The summed E-state index contributed by atoms with van der Waals surface area (Å²) in [5, 5.41) is 0. The Morgan fingerprint density at radius 3 is 2.43 bits per heavy atom. The Morgan fingerprint density at radius 2 is 2.14 bits per heavy atom. The summed E-state index contributed by atoms with van der Waals surface area (Å²) in [7, 11) is -3.95. The summed E-state index contributed by atoms with van der Waals surface area (Å²) in [6.07, 6.45) is 1.74. The van der Waals surface area contributed by atoms with Crippen LogP contribution in [0.1, 0.15) is 26.7 Å². The van der Waals surface area contributed by atoms with Gasteiger partial charge in [0.25, 0.3) is 10.1 Å². The zero-order valence-corrected chi connectivity index (χ0v) is 9.30. The van der Waals surface area contributed by atoms with E-state index in [1.54, 1.807) is 0 Å². The van der Waals surface area contributed by atoms with Crippen LogP contribution in [0.5, 0.6) is 0 Å². The van der Waals surface area contributed by atoms with Crippen molar-refractivity contribution in [1.29, 1.82) is 0 Å². The number of ether oxygens (including phenoxy) is 1. The lowest BCUT2D eigenvalue weighted by Gasteiger charge is -2.35. The van der Waals surface area contributed by atoms with Crippen molar-refractivity contribution in [2.45, 2.75) is 32.3 Å². The number of fused-ring (bicyclic) bond motifs is 2. The molecule has 0 radical (unpaired) electrons. The third-order valence-corrected chi connectivity index (χ3v) is 4.90. The molecular formula is C9H16O4S. The van der Waals surface area contributed by atoms with Crippen molar-refractivity contribution in [3.05, 3.63) is 0 Å². The molecule has 0 amide bonds. The van der Waals surface area contributed by atoms with Gasteiger partial charge in [-0.3, -0.25) is 4.55 Å². The van der Waals surface area contributed by atoms with E-state index in [0.717, 1.165) is 12.8 Å². The highest BCUT2D eigenvalue weighted by atomic mass is 32.2. The van der Waals surface area contributed by atoms with E-state index in [9.17, 15) is 8.42 Å². The highest BCUT2D eigenvalue weighted by Gasteiger charge is 2.61. The molecule has 1 aliphatic heterocycles. The summed E-state index contributed by atoms with van der Waals surface area (Å²) in [5.74, 6) is 0.174. The molecule has 1 saturated heterocycles. The first-order valence-electron chi connectivity index (χ1n) is 4.86. The Morgan fingerprint density at radius 1 is 1.50 bits per heavy atom. The van der Waals surface area contributed by atoms with E-state index in [1.165, 1.54) is 0 Å². The van der Waals surface area contributed by atoms with E-state index in [2.05, 4.69) is 0 Å². The fourth-order valence-corrected chi connectivity index (χ4v) is 4.06. The topological polar surface area (TPSA) is 63.6 Å². The van der Waals surface area contributed by atoms with E-state index >= 15 is 0 Å². The first-order valence-corrected chi connectivity index (χ1v) is 6.47. The SMILES string of the molecule is CC1(C)[C@H]2CC[C@@]1(CS(=O)(=O)O)OC2. The number of hydrogen-bond donors (Lipinski definition) is 1. The maximum absolute atomic E-state index is 10.9. The summed E-state index contributed by atoms with van der Waals surface area (Å²) in [4.78, 5) is 0. The van der Waals surface area contributed by atoms with Gasteiger partial charge in [-0.25, -0.2) is 0 Å². The molecule has 1 saturated carbocycles. The van der Waals surface area contributed by atoms with Crippen LogP contribution in [-0.4, -0.2) is 30.9 Å². The molecular weight excluding hydrogens is 204 g/mol. The average Bonchev–Trinajstić information content (AvgIpc) is 2.34. The standard InChI is InChI=1S/C9H16O4S/c1-8(2)7-3-4-9(8,13-5-7)6-14(10,11)12/h7H,3-6H2,1-2H3,(H,10,11,12)/t7-,9-/m0/s1. The molecule has 0 aromatic rings. The first kappa shape index (κ1) is 10.4. The van der Waals surface area contributed by atoms with Gasteiger partial charge in [0, 0.05) is 0 Å². The molecule has 82 valence electrons. The van der Waals surface area contributed by atoms with Crippen molar-refractivity contribution in [2.24, 2.45) is 11.3 Å². The molecule has 2 aliphatic rings. The molecule has 0 aromatic heterocycles. The van der Waals surface area contributed by atoms with E-state index in [-0.39, 0.29) is 11.2 Å². The Hall–Kier alpha value is -0.130. The molecule has 2 fully saturated rings. The van der Waals surface area contributed by atoms with Gasteiger partial charge < -0.3 is 4.74 Å². The Labute approximate surface area is 84.4 Å². The molecule has 14 heavy (non-hydrogen) atoms. The van der Waals surface area contributed by atoms with Crippen LogP contribution in [0.3, 0.4) is 0 Å². The third-order valence-electron chi connectivity index (χ3n) is 4.07. The van der Waals surface area contributed by atoms with Gasteiger partial charge in [-0.05, 0) is 24.2 Å². The zero-order valence-electron chi connectivity index (χ0n) is 8.49. The second-order valence-corrected chi connectivity index (χ2v) is 6.44. The molecule has 2 bridgehead atoms. The second-order valence-electron chi connectivity index (χ2n) is 4.99. The van der Waals surface area contributed by atoms with Crippen molar-refractivity contribution in [2.75, 3.05) is 12.4 Å². The lowest BCUT2D eigenvalue weighted by atomic mass is 9.76. The molecule has 0 aromatic carbocycles. The molecule has 1 heterocycles. The van der Waals surface area contributed by atoms with Crippen LogP contribution in [-0.2, 0) is 14.9 Å². The van der Waals surface area contributed by atoms with Gasteiger partial charge >= 0.3 is 0 Å². The Balaban J connectivity index is 2.32. The van der Waals surface area contributed by atoms with Gasteiger partial charge in [0.15, 0.2) is 0 Å². The lowest BCUT2D eigenvalue weighted by Crippen LogP contribution is -2.45. The zero-order chi connectivity index (χ0) is 10.6. The predicted octanol–water partition coefficient (Wildman–Crippen LogP) is 1.08. The van der Waals surface area contributed by atoms with Crippen molar-refractivity contribution < 1.29 is 17.7 Å². The lowest BCUT2D eigenvalue weighted by molar-refractivity contribution is -0.0338. The van der Waals surface area contributed by atoms with Crippen LogP contribution in [0.2, 0.25) is 0 Å². The summed E-state index contributed by atoms with van der Waals surface area (Å²) in [6, 6.07) is 0. The van der Waals surface area contributed by atoms with Gasteiger partial charge in [-0.2, -0.15) is 8.42 Å². The smallest absolute Gasteiger partial charge is 0.267 e. The van der Waals surface area contributed by atoms with E-state index < -0.39 is 15.7 Å². The minimum atomic E-state index is -3.95. The maximum atomic E-state index is 10.9. The van der Waals surface area contributed by atoms with Crippen molar-refractivity contribution in [3.63, 3.8) is 0 Å². The van der Waals surface area contributed by atoms with Gasteiger partial charge in [0.05, 0.1) is 12.2 Å². The van der Waals surface area contributed by atoms with Crippen LogP contribution in [0, 0.1) is 11.3 Å². The molecule has 0 unspecified atom stereocenters. The maximum Gasteiger partial charge on any atom is 0.267 e. The van der Waals surface area contributed by atoms with E-state index in [4.69, 9.17) is 9.29 Å². The molecule has 5 heteroatoms. The van der Waals surface area contributed by atoms with Crippen molar-refractivity contribution in [1.82, 2.24) is 0 Å². The summed E-state index contributed by atoms with van der Waals surface area (Å²) in [5.41, 5.74) is -0.784. The normalized spacial score (nSPS) is 40.4. The van der Waals surface area contributed by atoms with E-state index in [1.807, 2.05) is 13.8 Å². The Kier molecular flexibility index (Phi) is 2.01. The van der Waals surface area contributed by atoms with Gasteiger partial charge in [0.2, 0.25) is 0 Å². The summed E-state index contributed by atoms with van der Waals surface area (Å²) < 4.78 is 36.4. The average molecular weight is 220 g/mol. The summed E-state index contributed by atoms with van der Waals surface area (Å²) >= 11 is 0. The quantitative estimate of drug-likeness (QED) is 0.707. The molecule has 0 spiro atoms. The van der Waals surface area contributed by atoms with Gasteiger partial charge in [0.1, 0.15) is 5.75 Å². The summed E-state index contributed by atoms with van der Waals surface area (Å²) in [6.45, 7) is 4.69. The van der Waals surface area contributed by atoms with Crippen LogP contribution >= 0.6 is 0 Å². The fourth-order valence-electron chi connectivity index (χ4n) is 2.87. The highest BCUT2D eigenvalue weighted by Crippen LogP contribution is 2.57. The minimum absolute atomic E-state index is 0.136. The van der Waals surface area contributed by atoms with Crippen LogP contribution in [0.4, 0.5) is 0 Å². The predicted molar refractivity (Wildman–Crippen MR) is 51.6 cm³/mol. The molecule has 1 N–H and O–H groups in total. The van der Waals surface area contributed by atoms with E-state index in [0.29, 0.717) is 12.5 Å². The van der Waals surface area contributed by atoms with Crippen LogP contribution < -0.4 is 0 Å². The number of hydrogen-bond acceptors (Lipinski definition) is 3. The van der Waals surface area contributed by atoms with Gasteiger partial charge in [-0.1, -0.05) is 13.8 Å². The highest BCUT2D eigenvalue weighted by molar-refractivity contribution is 7.85. The van der Waals surface area contributed by atoms with Crippen molar-refractivity contribution >= 4 is 10.1 Å². The first-order chi connectivity index (χ1) is 6.27. The largest absolute Gasteiger partial charge is 0.373 e. The molecule has 2 rings (SSSR count). The third kappa shape index (κ3) is 1.30. The fraction of sp³-hybridized carbons (Fsp3) is 1.00. The Bertz CT molecular complexity index is 336. The molecule has 2 atom stereocenters. The molecule has 1 aliphatic carbocycles. The van der Waals surface area contributed by atoms with Gasteiger partial charge in [-0.15, -0.1) is 0 Å². The van der Waals surface area contributed by atoms with Crippen molar-refractivity contribution in [3.8, 4) is 0 Å². The number of rotatable bonds is 2. The van der Waals surface area contributed by atoms with Crippen LogP contribution in [0.25, 0.3) is 0 Å². The molecule has 4 nitrogen and oxygen atoms in total. The minimum Gasteiger partial charge on any atom is -0.373 e. The monoisotopic (exact) mass is 220 g/mol. The second kappa shape index (κ2) is 2.71.